The van der Waals surface area contributed by atoms with Gasteiger partial charge in [-0.15, -0.1) is 0 Å². The summed E-state index contributed by atoms with van der Waals surface area (Å²) in [7, 11) is 0. The van der Waals surface area contributed by atoms with Crippen LogP contribution in [0.1, 0.15) is 60.8 Å². The standard InChI is InChI=1S/C13H28O/c1-7-8-12(6)9-13(14,10(2)3)11(4)5/h10-12,14H,7-9H2,1-6H3. The summed E-state index contributed by atoms with van der Waals surface area (Å²) in [4.78, 5) is 0. The summed E-state index contributed by atoms with van der Waals surface area (Å²) >= 11 is 0. The molecule has 0 saturated heterocycles. The van der Waals surface area contributed by atoms with Gasteiger partial charge in [0, 0.05) is 0 Å². The zero-order chi connectivity index (χ0) is 11.4. The Hall–Kier alpha value is -0.0400. The van der Waals surface area contributed by atoms with Crippen LogP contribution >= 0.6 is 0 Å². The van der Waals surface area contributed by atoms with E-state index in [0.29, 0.717) is 17.8 Å². The van der Waals surface area contributed by atoms with Gasteiger partial charge in [0.2, 0.25) is 0 Å². The molecule has 1 heteroatoms. The van der Waals surface area contributed by atoms with Crippen LogP contribution in [0.15, 0.2) is 0 Å². The maximum Gasteiger partial charge on any atom is 0.0695 e. The lowest BCUT2D eigenvalue weighted by molar-refractivity contribution is -0.0648. The monoisotopic (exact) mass is 200 g/mol. The Balaban J connectivity index is 4.37. The summed E-state index contributed by atoms with van der Waals surface area (Å²) in [5, 5.41) is 10.6. The molecular weight excluding hydrogens is 172 g/mol. The lowest BCUT2D eigenvalue weighted by atomic mass is 9.74. The van der Waals surface area contributed by atoms with Gasteiger partial charge in [-0.25, -0.2) is 0 Å². The molecule has 0 aliphatic rings. The molecule has 0 spiro atoms. The van der Waals surface area contributed by atoms with E-state index in [4.69, 9.17) is 0 Å². The first-order chi connectivity index (χ1) is 6.34. The highest BCUT2D eigenvalue weighted by atomic mass is 16.3. The fourth-order valence-electron chi connectivity index (χ4n) is 2.29. The molecule has 0 saturated carbocycles. The molecule has 0 bridgehead atoms. The summed E-state index contributed by atoms with van der Waals surface area (Å²) in [6.45, 7) is 13.0. The van der Waals surface area contributed by atoms with Crippen molar-refractivity contribution in [3.63, 3.8) is 0 Å². The molecule has 0 aromatic carbocycles. The van der Waals surface area contributed by atoms with Gasteiger partial charge in [-0.05, 0) is 24.2 Å². The summed E-state index contributed by atoms with van der Waals surface area (Å²) in [6, 6.07) is 0. The second kappa shape index (κ2) is 5.75. The molecule has 1 unspecified atom stereocenters. The van der Waals surface area contributed by atoms with E-state index in [-0.39, 0.29) is 0 Å². The Morgan fingerprint density at radius 3 is 1.71 bits per heavy atom. The molecule has 0 aromatic rings. The topological polar surface area (TPSA) is 20.2 Å². The van der Waals surface area contributed by atoms with Gasteiger partial charge in [-0.1, -0.05) is 54.4 Å². The summed E-state index contributed by atoms with van der Waals surface area (Å²) < 4.78 is 0. The highest BCUT2D eigenvalue weighted by molar-refractivity contribution is 4.86. The molecule has 1 N–H and O–H groups in total. The quantitative estimate of drug-likeness (QED) is 0.690. The maximum absolute atomic E-state index is 10.6. The SMILES string of the molecule is CCCC(C)CC(O)(C(C)C)C(C)C. The van der Waals surface area contributed by atoms with Crippen LogP contribution in [0.3, 0.4) is 0 Å². The van der Waals surface area contributed by atoms with Crippen LogP contribution in [0.25, 0.3) is 0 Å². The molecule has 0 aliphatic carbocycles. The van der Waals surface area contributed by atoms with Crippen LogP contribution < -0.4 is 0 Å². The van der Waals surface area contributed by atoms with Crippen molar-refractivity contribution in [2.45, 2.75) is 66.4 Å². The van der Waals surface area contributed by atoms with Gasteiger partial charge in [-0.2, -0.15) is 0 Å². The van der Waals surface area contributed by atoms with Crippen molar-refractivity contribution in [2.24, 2.45) is 17.8 Å². The maximum atomic E-state index is 10.6. The second-order valence-electron chi connectivity index (χ2n) is 5.40. The molecular formula is C13H28O. The lowest BCUT2D eigenvalue weighted by Gasteiger charge is -2.38. The number of aliphatic hydroxyl groups is 1. The van der Waals surface area contributed by atoms with E-state index in [2.05, 4.69) is 41.5 Å². The zero-order valence-corrected chi connectivity index (χ0v) is 10.8. The van der Waals surface area contributed by atoms with Crippen LogP contribution in [-0.4, -0.2) is 10.7 Å². The Kier molecular flexibility index (Phi) is 5.73. The highest BCUT2D eigenvalue weighted by Gasteiger charge is 2.35. The third kappa shape index (κ3) is 3.61. The fourth-order valence-corrected chi connectivity index (χ4v) is 2.29. The molecule has 0 fully saturated rings. The van der Waals surface area contributed by atoms with Gasteiger partial charge < -0.3 is 5.11 Å². The third-order valence-corrected chi connectivity index (χ3v) is 3.46. The van der Waals surface area contributed by atoms with Gasteiger partial charge in [-0.3, -0.25) is 0 Å². The molecule has 0 aliphatic heterocycles. The van der Waals surface area contributed by atoms with Crippen molar-refractivity contribution in [1.29, 1.82) is 0 Å². The van der Waals surface area contributed by atoms with Gasteiger partial charge in [0.05, 0.1) is 5.60 Å². The minimum absolute atomic E-state index is 0.349. The minimum atomic E-state index is -0.478. The molecule has 0 rings (SSSR count). The van der Waals surface area contributed by atoms with Crippen LogP contribution in [0.5, 0.6) is 0 Å². The van der Waals surface area contributed by atoms with Gasteiger partial charge in [0.25, 0.3) is 0 Å². The van der Waals surface area contributed by atoms with Crippen molar-refractivity contribution >= 4 is 0 Å². The minimum Gasteiger partial charge on any atom is -0.389 e. The van der Waals surface area contributed by atoms with E-state index in [1.54, 1.807) is 0 Å². The van der Waals surface area contributed by atoms with Crippen LogP contribution in [0, 0.1) is 17.8 Å². The molecule has 1 nitrogen and oxygen atoms in total. The lowest BCUT2D eigenvalue weighted by Crippen LogP contribution is -2.42. The normalized spacial score (nSPS) is 15.2. The molecule has 86 valence electrons. The predicted octanol–water partition coefficient (Wildman–Crippen LogP) is 3.86. The number of rotatable bonds is 6. The van der Waals surface area contributed by atoms with E-state index >= 15 is 0 Å². The largest absolute Gasteiger partial charge is 0.389 e. The van der Waals surface area contributed by atoms with Crippen molar-refractivity contribution < 1.29 is 5.11 Å². The van der Waals surface area contributed by atoms with Crippen LogP contribution in [-0.2, 0) is 0 Å². The smallest absolute Gasteiger partial charge is 0.0695 e. The van der Waals surface area contributed by atoms with Crippen molar-refractivity contribution in [1.82, 2.24) is 0 Å². The fraction of sp³-hybridized carbons (Fsp3) is 1.00. The van der Waals surface area contributed by atoms with Gasteiger partial charge in [0.15, 0.2) is 0 Å². The van der Waals surface area contributed by atoms with E-state index in [1.807, 2.05) is 0 Å². The molecule has 0 radical (unpaired) electrons. The number of hydrogen-bond acceptors (Lipinski definition) is 1. The summed E-state index contributed by atoms with van der Waals surface area (Å²) in [6.07, 6.45) is 3.38. The predicted molar refractivity (Wildman–Crippen MR) is 63.3 cm³/mol. The average molecular weight is 200 g/mol. The van der Waals surface area contributed by atoms with E-state index < -0.39 is 5.60 Å². The van der Waals surface area contributed by atoms with Crippen molar-refractivity contribution in [3.8, 4) is 0 Å². The van der Waals surface area contributed by atoms with Gasteiger partial charge >= 0.3 is 0 Å². The average Bonchev–Trinajstić information content (AvgIpc) is 2.03. The van der Waals surface area contributed by atoms with Gasteiger partial charge in [0.1, 0.15) is 0 Å². The first kappa shape index (κ1) is 14.0. The van der Waals surface area contributed by atoms with Crippen molar-refractivity contribution in [2.75, 3.05) is 0 Å². The summed E-state index contributed by atoms with van der Waals surface area (Å²) in [5.74, 6) is 1.33. The van der Waals surface area contributed by atoms with Crippen molar-refractivity contribution in [3.05, 3.63) is 0 Å². The first-order valence-electron chi connectivity index (χ1n) is 6.06. The zero-order valence-electron chi connectivity index (χ0n) is 10.8. The van der Waals surface area contributed by atoms with E-state index in [0.717, 1.165) is 6.42 Å². The summed E-state index contributed by atoms with van der Waals surface area (Å²) in [5.41, 5.74) is -0.478. The molecule has 14 heavy (non-hydrogen) atoms. The molecule has 0 amide bonds. The second-order valence-corrected chi connectivity index (χ2v) is 5.40. The van der Waals surface area contributed by atoms with Crippen LogP contribution in [0.4, 0.5) is 0 Å². The van der Waals surface area contributed by atoms with E-state index in [1.165, 1.54) is 12.8 Å². The third-order valence-electron chi connectivity index (χ3n) is 3.46. The Bertz CT molecular complexity index is 141. The number of hydrogen-bond donors (Lipinski definition) is 1. The van der Waals surface area contributed by atoms with E-state index in [9.17, 15) is 5.11 Å². The molecule has 0 heterocycles. The highest BCUT2D eigenvalue weighted by Crippen LogP contribution is 2.33. The molecule has 0 aromatic heterocycles. The Morgan fingerprint density at radius 1 is 1.00 bits per heavy atom. The molecule has 1 atom stereocenters. The Morgan fingerprint density at radius 2 is 1.43 bits per heavy atom. The Labute approximate surface area is 89.9 Å². The first-order valence-corrected chi connectivity index (χ1v) is 6.06. The van der Waals surface area contributed by atoms with Crippen LogP contribution in [0.2, 0.25) is 0 Å².